The second-order valence-corrected chi connectivity index (χ2v) is 5.65. The molecule has 1 aromatic carbocycles. The van der Waals surface area contributed by atoms with Gasteiger partial charge in [-0.25, -0.2) is 0 Å². The minimum Gasteiger partial charge on any atom is -0.352 e. The van der Waals surface area contributed by atoms with Crippen LogP contribution in [0.4, 0.5) is 0 Å². The molecule has 1 heterocycles. The third-order valence-corrected chi connectivity index (χ3v) is 3.97. The minimum absolute atomic E-state index is 0.0480. The molecule has 0 atom stereocenters. The Balaban J connectivity index is 1.74. The Labute approximate surface area is 116 Å². The molecule has 19 heavy (non-hydrogen) atoms. The molecule has 0 radical (unpaired) electrons. The van der Waals surface area contributed by atoms with Crippen LogP contribution < -0.4 is 5.32 Å². The summed E-state index contributed by atoms with van der Waals surface area (Å²) >= 11 is 0. The van der Waals surface area contributed by atoms with E-state index in [1.807, 2.05) is 30.3 Å². The molecule has 1 aliphatic rings. The molecule has 1 aliphatic heterocycles. The number of carbonyl (C=O) groups is 1. The van der Waals surface area contributed by atoms with Crippen molar-refractivity contribution in [3.05, 3.63) is 35.9 Å². The summed E-state index contributed by atoms with van der Waals surface area (Å²) in [7, 11) is 0. The topological polar surface area (TPSA) is 32.3 Å². The highest BCUT2D eigenvalue weighted by Gasteiger charge is 2.21. The van der Waals surface area contributed by atoms with Gasteiger partial charge in [0.2, 0.25) is 0 Å². The Morgan fingerprint density at radius 1 is 1.26 bits per heavy atom. The average Bonchev–Trinajstić information content (AvgIpc) is 2.46. The zero-order valence-electron chi connectivity index (χ0n) is 11.9. The normalized spacial score (nSPS) is 17.6. The number of nitrogens with zero attached hydrogens (tertiary/aromatic N) is 1. The zero-order chi connectivity index (χ0) is 13.7. The number of nitrogens with one attached hydrogen (secondary N) is 1. The maximum atomic E-state index is 11.9. The number of hydrogen-bond donors (Lipinski definition) is 1. The number of benzene rings is 1. The van der Waals surface area contributed by atoms with Crippen molar-refractivity contribution in [2.75, 3.05) is 19.6 Å². The van der Waals surface area contributed by atoms with E-state index < -0.39 is 0 Å². The molecule has 2 rings (SSSR count). The van der Waals surface area contributed by atoms with Gasteiger partial charge < -0.3 is 10.2 Å². The first kappa shape index (κ1) is 14.1. The predicted octanol–water partition coefficient (Wildman–Crippen LogP) is 2.54. The summed E-state index contributed by atoms with van der Waals surface area (Å²) < 4.78 is 0. The van der Waals surface area contributed by atoms with Crippen molar-refractivity contribution in [3.8, 4) is 0 Å². The van der Waals surface area contributed by atoms with E-state index in [2.05, 4.69) is 24.1 Å². The van der Waals surface area contributed by atoms with Gasteiger partial charge in [0.1, 0.15) is 0 Å². The van der Waals surface area contributed by atoms with Gasteiger partial charge in [0.25, 0.3) is 5.91 Å². The molecule has 0 aliphatic carbocycles. The maximum Gasteiger partial charge on any atom is 0.251 e. The molecule has 1 aromatic rings. The van der Waals surface area contributed by atoms with Gasteiger partial charge in [-0.05, 0) is 57.8 Å². The molecule has 3 heteroatoms. The summed E-state index contributed by atoms with van der Waals surface area (Å²) in [6, 6.07) is 10.1. The van der Waals surface area contributed by atoms with Crippen LogP contribution in [0.15, 0.2) is 30.3 Å². The summed E-state index contributed by atoms with van der Waals surface area (Å²) in [4.78, 5) is 14.4. The van der Waals surface area contributed by atoms with Crippen molar-refractivity contribution < 1.29 is 4.79 Å². The molecular weight excluding hydrogens is 236 g/mol. The first-order valence-corrected chi connectivity index (χ1v) is 7.24. The zero-order valence-corrected chi connectivity index (χ0v) is 11.9. The third kappa shape index (κ3) is 4.06. The largest absolute Gasteiger partial charge is 0.352 e. The number of piperidine rings is 1. The van der Waals surface area contributed by atoms with Crippen molar-refractivity contribution in [1.29, 1.82) is 0 Å². The smallest absolute Gasteiger partial charge is 0.251 e. The molecule has 1 saturated heterocycles. The van der Waals surface area contributed by atoms with Crippen LogP contribution in [-0.4, -0.2) is 36.5 Å². The Bertz CT molecular complexity index is 394. The first-order chi connectivity index (χ1) is 9.16. The summed E-state index contributed by atoms with van der Waals surface area (Å²) in [5.74, 6) is 0.676. The fourth-order valence-corrected chi connectivity index (χ4v) is 2.60. The standard InChI is InChI=1S/C16H24N2O/c1-13(2)18-10-8-14(9-11-18)12-17-16(19)15-6-4-3-5-7-15/h3-7,13-14H,8-12H2,1-2H3,(H,17,19). The molecule has 1 N–H and O–H groups in total. The van der Waals surface area contributed by atoms with Crippen LogP contribution in [-0.2, 0) is 0 Å². The van der Waals surface area contributed by atoms with Crippen LogP contribution >= 0.6 is 0 Å². The van der Waals surface area contributed by atoms with Crippen molar-refractivity contribution >= 4 is 5.91 Å². The molecule has 0 unspecified atom stereocenters. The molecule has 0 aromatic heterocycles. The lowest BCUT2D eigenvalue weighted by Crippen LogP contribution is -2.41. The van der Waals surface area contributed by atoms with Gasteiger partial charge >= 0.3 is 0 Å². The molecule has 1 amide bonds. The summed E-state index contributed by atoms with van der Waals surface area (Å²) in [6.45, 7) is 7.61. The lowest BCUT2D eigenvalue weighted by molar-refractivity contribution is 0.0929. The highest BCUT2D eigenvalue weighted by molar-refractivity contribution is 5.94. The van der Waals surface area contributed by atoms with Gasteiger partial charge in [-0.1, -0.05) is 18.2 Å². The Hall–Kier alpha value is -1.35. The van der Waals surface area contributed by atoms with Crippen LogP contribution in [0.1, 0.15) is 37.0 Å². The van der Waals surface area contributed by atoms with E-state index in [4.69, 9.17) is 0 Å². The molecule has 104 valence electrons. The monoisotopic (exact) mass is 260 g/mol. The van der Waals surface area contributed by atoms with Crippen molar-refractivity contribution in [1.82, 2.24) is 10.2 Å². The summed E-state index contributed by atoms with van der Waals surface area (Å²) in [5, 5.41) is 3.06. The number of rotatable bonds is 4. The third-order valence-electron chi connectivity index (χ3n) is 3.97. The maximum absolute atomic E-state index is 11.9. The van der Waals surface area contributed by atoms with E-state index in [1.54, 1.807) is 0 Å². The number of amides is 1. The van der Waals surface area contributed by atoms with Gasteiger partial charge in [-0.3, -0.25) is 4.79 Å². The lowest BCUT2D eigenvalue weighted by atomic mass is 9.96. The Kier molecular flexibility index (Phi) is 4.97. The molecule has 1 fully saturated rings. The molecular formula is C16H24N2O. The van der Waals surface area contributed by atoms with Gasteiger partial charge in [0.15, 0.2) is 0 Å². The van der Waals surface area contributed by atoms with Gasteiger partial charge in [0.05, 0.1) is 0 Å². The van der Waals surface area contributed by atoms with E-state index >= 15 is 0 Å². The van der Waals surface area contributed by atoms with E-state index in [-0.39, 0.29) is 5.91 Å². The van der Waals surface area contributed by atoms with E-state index in [0.29, 0.717) is 12.0 Å². The molecule has 3 nitrogen and oxygen atoms in total. The molecule has 0 bridgehead atoms. The van der Waals surface area contributed by atoms with Crippen LogP contribution in [0.25, 0.3) is 0 Å². The van der Waals surface area contributed by atoms with E-state index in [0.717, 1.165) is 25.2 Å². The second kappa shape index (κ2) is 6.71. The van der Waals surface area contributed by atoms with Crippen LogP contribution in [0.3, 0.4) is 0 Å². The number of hydrogen-bond acceptors (Lipinski definition) is 2. The Morgan fingerprint density at radius 2 is 1.89 bits per heavy atom. The van der Waals surface area contributed by atoms with Crippen LogP contribution in [0, 0.1) is 5.92 Å². The van der Waals surface area contributed by atoms with Crippen LogP contribution in [0.5, 0.6) is 0 Å². The predicted molar refractivity (Wildman–Crippen MR) is 78.2 cm³/mol. The van der Waals surface area contributed by atoms with Gasteiger partial charge in [-0.15, -0.1) is 0 Å². The van der Waals surface area contributed by atoms with Crippen molar-refractivity contribution in [2.24, 2.45) is 5.92 Å². The fraction of sp³-hybridized carbons (Fsp3) is 0.562. The van der Waals surface area contributed by atoms with E-state index in [1.165, 1.54) is 12.8 Å². The average molecular weight is 260 g/mol. The molecule has 0 saturated carbocycles. The van der Waals surface area contributed by atoms with Crippen LogP contribution in [0.2, 0.25) is 0 Å². The summed E-state index contributed by atoms with van der Waals surface area (Å²) in [5.41, 5.74) is 0.752. The second-order valence-electron chi connectivity index (χ2n) is 5.65. The highest BCUT2D eigenvalue weighted by Crippen LogP contribution is 2.18. The quantitative estimate of drug-likeness (QED) is 0.902. The summed E-state index contributed by atoms with van der Waals surface area (Å²) in [6.07, 6.45) is 2.38. The lowest BCUT2D eigenvalue weighted by Gasteiger charge is -2.34. The minimum atomic E-state index is 0.0480. The fourth-order valence-electron chi connectivity index (χ4n) is 2.60. The number of likely N-dealkylation sites (tertiary alicyclic amines) is 1. The van der Waals surface area contributed by atoms with E-state index in [9.17, 15) is 4.79 Å². The highest BCUT2D eigenvalue weighted by atomic mass is 16.1. The SMILES string of the molecule is CC(C)N1CCC(CNC(=O)c2ccccc2)CC1. The van der Waals surface area contributed by atoms with Gasteiger partial charge in [-0.2, -0.15) is 0 Å². The number of carbonyl (C=O) groups excluding carboxylic acids is 1. The Morgan fingerprint density at radius 3 is 2.47 bits per heavy atom. The van der Waals surface area contributed by atoms with Crippen molar-refractivity contribution in [3.63, 3.8) is 0 Å². The van der Waals surface area contributed by atoms with Gasteiger partial charge in [0, 0.05) is 18.2 Å². The first-order valence-electron chi connectivity index (χ1n) is 7.24. The molecule has 0 spiro atoms. The van der Waals surface area contributed by atoms with Crippen molar-refractivity contribution in [2.45, 2.75) is 32.7 Å².